The van der Waals surface area contributed by atoms with E-state index in [9.17, 15) is 4.79 Å². The molecule has 2 heterocycles. The van der Waals surface area contributed by atoms with Crippen molar-refractivity contribution in [3.63, 3.8) is 0 Å². The van der Waals surface area contributed by atoms with E-state index in [-0.39, 0.29) is 0 Å². The molecular weight excluding hydrogens is 308 g/mol. The summed E-state index contributed by atoms with van der Waals surface area (Å²) in [6, 6.07) is 5.34. The Kier molecular flexibility index (Phi) is 3.76. The number of esters is 1. The zero-order valence-electron chi connectivity index (χ0n) is 11.2. The van der Waals surface area contributed by atoms with E-state index in [1.54, 1.807) is 23.5 Å². The Morgan fingerprint density at radius 3 is 3.00 bits per heavy atom. The fourth-order valence-corrected chi connectivity index (χ4v) is 3.34. The van der Waals surface area contributed by atoms with Crippen molar-refractivity contribution in [3.05, 3.63) is 40.1 Å². The molecule has 2 aromatic heterocycles. The number of ether oxygens (including phenoxy) is 2. The smallest absolute Gasteiger partial charge is 0.338 e. The first kappa shape index (κ1) is 13.8. The van der Waals surface area contributed by atoms with Crippen molar-refractivity contribution in [3.8, 4) is 5.75 Å². The number of nitrogens with zero attached hydrogens (tertiary/aromatic N) is 1. The molecule has 0 aliphatic heterocycles. The van der Waals surface area contributed by atoms with E-state index in [1.807, 2.05) is 16.8 Å². The molecule has 3 rings (SSSR count). The van der Waals surface area contributed by atoms with Gasteiger partial charge < -0.3 is 15.2 Å². The summed E-state index contributed by atoms with van der Waals surface area (Å²) in [6.07, 6.45) is 0. The summed E-state index contributed by atoms with van der Waals surface area (Å²) in [5, 5.41) is 4.43. The molecule has 0 saturated carbocycles. The molecule has 0 amide bonds. The molecule has 108 valence electrons. The van der Waals surface area contributed by atoms with Crippen molar-refractivity contribution in [1.82, 2.24) is 4.98 Å². The van der Waals surface area contributed by atoms with Gasteiger partial charge in [-0.1, -0.05) is 11.3 Å². The number of hydrogen-bond acceptors (Lipinski definition) is 7. The lowest BCUT2D eigenvalue weighted by Gasteiger charge is -2.07. The SMILES string of the molecule is COC(=O)c1cc(OCc2ccsc2)c2nc(N)sc2c1. The molecule has 0 unspecified atom stereocenters. The third kappa shape index (κ3) is 2.84. The van der Waals surface area contributed by atoms with E-state index in [0.717, 1.165) is 10.3 Å². The van der Waals surface area contributed by atoms with Crippen LogP contribution in [0.2, 0.25) is 0 Å². The number of fused-ring (bicyclic) bond motifs is 1. The van der Waals surface area contributed by atoms with Crippen LogP contribution in [0, 0.1) is 0 Å². The van der Waals surface area contributed by atoms with Gasteiger partial charge in [-0.05, 0) is 34.5 Å². The lowest BCUT2D eigenvalue weighted by atomic mass is 10.2. The Balaban J connectivity index is 1.99. The number of hydrogen-bond donors (Lipinski definition) is 1. The summed E-state index contributed by atoms with van der Waals surface area (Å²) in [7, 11) is 1.35. The first-order chi connectivity index (χ1) is 10.2. The maximum absolute atomic E-state index is 11.7. The second-order valence-corrected chi connectivity index (χ2v) is 6.13. The molecule has 3 aromatic rings. The quantitative estimate of drug-likeness (QED) is 0.747. The molecule has 21 heavy (non-hydrogen) atoms. The molecule has 0 radical (unpaired) electrons. The van der Waals surface area contributed by atoms with Crippen LogP contribution in [0.25, 0.3) is 10.2 Å². The monoisotopic (exact) mass is 320 g/mol. The molecule has 0 saturated heterocycles. The second kappa shape index (κ2) is 5.71. The lowest BCUT2D eigenvalue weighted by Crippen LogP contribution is -2.02. The van der Waals surface area contributed by atoms with E-state index in [2.05, 4.69) is 4.98 Å². The van der Waals surface area contributed by atoms with Crippen LogP contribution in [0.5, 0.6) is 5.75 Å². The Bertz CT molecular complexity index is 781. The number of aromatic nitrogens is 1. The highest BCUT2D eigenvalue weighted by molar-refractivity contribution is 7.22. The van der Waals surface area contributed by atoms with Gasteiger partial charge in [-0.25, -0.2) is 9.78 Å². The largest absolute Gasteiger partial charge is 0.487 e. The van der Waals surface area contributed by atoms with Gasteiger partial charge in [0.25, 0.3) is 0 Å². The number of rotatable bonds is 4. The van der Waals surface area contributed by atoms with Crippen LogP contribution in [0.1, 0.15) is 15.9 Å². The zero-order chi connectivity index (χ0) is 14.8. The minimum Gasteiger partial charge on any atom is -0.487 e. The average molecular weight is 320 g/mol. The number of thiophene rings is 1. The number of methoxy groups -OCH3 is 1. The highest BCUT2D eigenvalue weighted by Crippen LogP contribution is 2.33. The average Bonchev–Trinajstić information content (AvgIpc) is 3.11. The number of nitrogen functional groups attached to an aromatic ring is 1. The predicted molar refractivity (Wildman–Crippen MR) is 84.0 cm³/mol. The van der Waals surface area contributed by atoms with Crippen LogP contribution >= 0.6 is 22.7 Å². The number of anilines is 1. The van der Waals surface area contributed by atoms with E-state index < -0.39 is 5.97 Å². The predicted octanol–water partition coefficient (Wildman–Crippen LogP) is 3.31. The molecule has 0 fully saturated rings. The maximum Gasteiger partial charge on any atom is 0.338 e. The van der Waals surface area contributed by atoms with E-state index >= 15 is 0 Å². The molecular formula is C14H12N2O3S2. The van der Waals surface area contributed by atoms with Crippen molar-refractivity contribution in [2.75, 3.05) is 12.8 Å². The molecule has 5 nitrogen and oxygen atoms in total. The van der Waals surface area contributed by atoms with Crippen LogP contribution < -0.4 is 10.5 Å². The van der Waals surface area contributed by atoms with Crippen molar-refractivity contribution in [2.45, 2.75) is 6.61 Å². The second-order valence-electron chi connectivity index (χ2n) is 4.29. The highest BCUT2D eigenvalue weighted by atomic mass is 32.1. The van der Waals surface area contributed by atoms with Gasteiger partial charge in [-0.2, -0.15) is 11.3 Å². The Hall–Kier alpha value is -2.12. The minimum atomic E-state index is -0.413. The van der Waals surface area contributed by atoms with Gasteiger partial charge in [-0.3, -0.25) is 0 Å². The Morgan fingerprint density at radius 2 is 2.29 bits per heavy atom. The molecule has 0 atom stereocenters. The molecule has 0 bridgehead atoms. The summed E-state index contributed by atoms with van der Waals surface area (Å²) < 4.78 is 11.4. The van der Waals surface area contributed by atoms with Crippen molar-refractivity contribution in [2.24, 2.45) is 0 Å². The third-order valence-corrected chi connectivity index (χ3v) is 4.44. The van der Waals surface area contributed by atoms with E-state index in [4.69, 9.17) is 15.2 Å². The topological polar surface area (TPSA) is 74.4 Å². The summed E-state index contributed by atoms with van der Waals surface area (Å²) in [5.41, 5.74) is 7.91. The van der Waals surface area contributed by atoms with Gasteiger partial charge in [0, 0.05) is 0 Å². The third-order valence-electron chi connectivity index (χ3n) is 2.87. The molecule has 2 N–H and O–H groups in total. The summed E-state index contributed by atoms with van der Waals surface area (Å²) in [5.74, 6) is 0.122. The van der Waals surface area contributed by atoms with Crippen LogP contribution in [0.4, 0.5) is 5.13 Å². The normalized spacial score (nSPS) is 10.7. The number of nitrogens with two attached hydrogens (primary N) is 1. The first-order valence-corrected chi connectivity index (χ1v) is 7.85. The van der Waals surface area contributed by atoms with Gasteiger partial charge in [0.2, 0.25) is 0 Å². The minimum absolute atomic E-state index is 0.413. The van der Waals surface area contributed by atoms with Crippen LogP contribution in [-0.4, -0.2) is 18.1 Å². The lowest BCUT2D eigenvalue weighted by molar-refractivity contribution is 0.0600. The summed E-state index contributed by atoms with van der Waals surface area (Å²) in [6.45, 7) is 0.417. The van der Waals surface area contributed by atoms with Gasteiger partial charge >= 0.3 is 5.97 Å². The van der Waals surface area contributed by atoms with E-state index in [1.165, 1.54) is 18.4 Å². The van der Waals surface area contributed by atoms with Gasteiger partial charge in [0.1, 0.15) is 17.9 Å². The van der Waals surface area contributed by atoms with Gasteiger partial charge in [0.05, 0.1) is 17.4 Å². The Labute approximate surface area is 128 Å². The first-order valence-electron chi connectivity index (χ1n) is 6.09. The Morgan fingerprint density at radius 1 is 1.43 bits per heavy atom. The molecule has 1 aromatic carbocycles. The molecule has 0 spiro atoms. The molecule has 0 aliphatic carbocycles. The van der Waals surface area contributed by atoms with Gasteiger partial charge in [0.15, 0.2) is 5.13 Å². The van der Waals surface area contributed by atoms with Crippen LogP contribution in [0.3, 0.4) is 0 Å². The maximum atomic E-state index is 11.7. The zero-order valence-corrected chi connectivity index (χ0v) is 12.8. The molecule has 0 aliphatic rings. The summed E-state index contributed by atoms with van der Waals surface area (Å²) >= 11 is 2.92. The van der Waals surface area contributed by atoms with Crippen LogP contribution in [-0.2, 0) is 11.3 Å². The van der Waals surface area contributed by atoms with Crippen molar-refractivity contribution >= 4 is 44.0 Å². The standard InChI is InChI=1S/C14H12N2O3S2/c1-18-13(17)9-4-10(19-6-8-2-3-20-7-8)12-11(5-9)21-14(15)16-12/h2-5,7H,6H2,1H3,(H2,15,16). The van der Waals surface area contributed by atoms with E-state index in [0.29, 0.717) is 28.6 Å². The van der Waals surface area contributed by atoms with Gasteiger partial charge in [-0.15, -0.1) is 0 Å². The number of carbonyl (C=O) groups is 1. The van der Waals surface area contributed by atoms with Crippen LogP contribution in [0.15, 0.2) is 29.0 Å². The molecule has 7 heteroatoms. The fraction of sp³-hybridized carbons (Fsp3) is 0.143. The summed E-state index contributed by atoms with van der Waals surface area (Å²) in [4.78, 5) is 16.0. The highest BCUT2D eigenvalue weighted by Gasteiger charge is 2.15. The van der Waals surface area contributed by atoms with Crippen molar-refractivity contribution in [1.29, 1.82) is 0 Å². The fourth-order valence-electron chi connectivity index (χ4n) is 1.90. The number of thiazole rings is 1. The number of carbonyl (C=O) groups excluding carboxylic acids is 1. The van der Waals surface area contributed by atoms with Crippen molar-refractivity contribution < 1.29 is 14.3 Å². The number of benzene rings is 1.